The molecule has 2 heterocycles. The first-order valence-corrected chi connectivity index (χ1v) is 8.08. The van der Waals surface area contributed by atoms with Gasteiger partial charge in [0.15, 0.2) is 12.1 Å². The van der Waals surface area contributed by atoms with Crippen LogP contribution in [-0.4, -0.2) is 28.9 Å². The van der Waals surface area contributed by atoms with Crippen molar-refractivity contribution in [2.75, 3.05) is 4.90 Å². The van der Waals surface area contributed by atoms with Gasteiger partial charge >= 0.3 is 0 Å². The quantitative estimate of drug-likeness (QED) is 0.773. The molecule has 4 rings (SSSR count). The summed E-state index contributed by atoms with van der Waals surface area (Å²) in [4.78, 5) is 26.3. The summed E-state index contributed by atoms with van der Waals surface area (Å²) >= 11 is 6.02. The zero-order chi connectivity index (χ0) is 18.4. The average molecular weight is 377 g/mol. The predicted molar refractivity (Wildman–Crippen MR) is 88.3 cm³/mol. The van der Waals surface area contributed by atoms with Crippen LogP contribution in [0.1, 0.15) is 5.56 Å². The molecule has 1 fully saturated rings. The van der Waals surface area contributed by atoms with E-state index in [0.29, 0.717) is 5.56 Å². The number of carbonyl (C=O) groups is 2. The summed E-state index contributed by atoms with van der Waals surface area (Å²) < 4.78 is 26.3. The number of amides is 2. The number of nitrogens with zero attached hydrogens (tertiary/aromatic N) is 4. The van der Waals surface area contributed by atoms with E-state index in [-0.39, 0.29) is 17.3 Å². The molecule has 1 saturated heterocycles. The molecule has 2 aliphatic heterocycles. The molecule has 2 atom stereocenters. The molecule has 26 heavy (non-hydrogen) atoms. The van der Waals surface area contributed by atoms with E-state index < -0.39 is 35.5 Å². The highest BCUT2D eigenvalue weighted by molar-refractivity contribution is 6.31. The van der Waals surface area contributed by atoms with Gasteiger partial charge < -0.3 is 0 Å². The van der Waals surface area contributed by atoms with Crippen LogP contribution in [0.5, 0.6) is 0 Å². The van der Waals surface area contributed by atoms with Crippen LogP contribution in [0.15, 0.2) is 52.8 Å². The first-order valence-electron chi connectivity index (χ1n) is 7.70. The van der Waals surface area contributed by atoms with Gasteiger partial charge in [-0.1, -0.05) is 22.9 Å². The van der Waals surface area contributed by atoms with Crippen LogP contribution in [0, 0.1) is 11.6 Å². The molecule has 2 aliphatic rings. The van der Waals surface area contributed by atoms with Crippen LogP contribution < -0.4 is 4.90 Å². The van der Waals surface area contributed by atoms with Crippen molar-refractivity contribution in [3.8, 4) is 0 Å². The number of fused-ring (bicyclic) bond motifs is 1. The smallest absolute Gasteiger partial charge is 0.263 e. The summed E-state index contributed by atoms with van der Waals surface area (Å²) in [5.41, 5.74) is 0.818. The third kappa shape index (κ3) is 2.62. The molecule has 0 radical (unpaired) electrons. The fourth-order valence-corrected chi connectivity index (χ4v) is 3.25. The topological polar surface area (TPSA) is 65.3 Å². The molecular weight excluding hydrogens is 366 g/mol. The summed E-state index contributed by atoms with van der Waals surface area (Å²) in [6.07, 6.45) is 0. The summed E-state index contributed by atoms with van der Waals surface area (Å²) in [6.45, 7) is 0.0973. The molecule has 9 heteroatoms. The van der Waals surface area contributed by atoms with Crippen LogP contribution in [0.4, 0.5) is 14.5 Å². The Labute approximate surface area is 151 Å². The van der Waals surface area contributed by atoms with Gasteiger partial charge in [0.05, 0.1) is 12.2 Å². The van der Waals surface area contributed by atoms with Crippen LogP contribution in [0.25, 0.3) is 0 Å². The highest BCUT2D eigenvalue weighted by Gasteiger charge is 2.54. The molecule has 0 aliphatic carbocycles. The largest absolute Gasteiger partial charge is 0.271 e. The van der Waals surface area contributed by atoms with Crippen LogP contribution in [0.2, 0.25) is 5.02 Å². The Balaban J connectivity index is 1.61. The first kappa shape index (κ1) is 16.6. The second-order valence-corrected chi connectivity index (χ2v) is 6.32. The first-order chi connectivity index (χ1) is 12.5. The molecule has 0 N–H and O–H groups in total. The monoisotopic (exact) mass is 376 g/mol. The van der Waals surface area contributed by atoms with Crippen molar-refractivity contribution in [1.29, 1.82) is 0 Å². The molecule has 0 spiro atoms. The lowest BCUT2D eigenvalue weighted by Gasteiger charge is -2.21. The molecular formula is C17H11ClF2N4O2. The Kier molecular flexibility index (Phi) is 3.91. The number of hydrogen-bond donors (Lipinski definition) is 0. The summed E-state index contributed by atoms with van der Waals surface area (Å²) in [5.74, 6) is -1.98. The van der Waals surface area contributed by atoms with Gasteiger partial charge in [0, 0.05) is 5.02 Å². The Morgan fingerprint density at radius 1 is 1.00 bits per heavy atom. The zero-order valence-electron chi connectivity index (χ0n) is 13.1. The molecule has 0 bridgehead atoms. The minimum Gasteiger partial charge on any atom is -0.271 e. The fraction of sp³-hybridized carbons (Fsp3) is 0.176. The normalized spacial score (nSPS) is 21.7. The molecule has 0 aromatic heterocycles. The summed E-state index contributed by atoms with van der Waals surface area (Å²) in [7, 11) is 0. The van der Waals surface area contributed by atoms with E-state index in [1.807, 2.05) is 0 Å². The molecule has 132 valence electrons. The Morgan fingerprint density at radius 2 is 1.69 bits per heavy atom. The zero-order valence-corrected chi connectivity index (χ0v) is 13.9. The third-order valence-corrected chi connectivity index (χ3v) is 4.64. The Morgan fingerprint density at radius 3 is 2.38 bits per heavy atom. The van der Waals surface area contributed by atoms with Crippen molar-refractivity contribution < 1.29 is 18.4 Å². The average Bonchev–Trinajstić information content (AvgIpc) is 3.12. The van der Waals surface area contributed by atoms with Gasteiger partial charge in [0.1, 0.15) is 11.6 Å². The molecule has 0 saturated carbocycles. The Bertz CT molecular complexity index is 935. The van der Waals surface area contributed by atoms with Gasteiger partial charge in [0.25, 0.3) is 11.8 Å². The van der Waals surface area contributed by atoms with Gasteiger partial charge in [-0.2, -0.15) is 5.11 Å². The maximum absolute atomic E-state index is 13.2. The lowest BCUT2D eigenvalue weighted by Crippen LogP contribution is -2.39. The fourth-order valence-electron chi connectivity index (χ4n) is 3.02. The number of hydrogen-bond acceptors (Lipinski definition) is 5. The van der Waals surface area contributed by atoms with Crippen molar-refractivity contribution in [3.05, 3.63) is 64.7 Å². The third-order valence-electron chi connectivity index (χ3n) is 4.29. The van der Waals surface area contributed by atoms with E-state index in [9.17, 15) is 18.4 Å². The van der Waals surface area contributed by atoms with Crippen LogP contribution >= 0.6 is 11.6 Å². The van der Waals surface area contributed by atoms with Crippen molar-refractivity contribution in [3.63, 3.8) is 0 Å². The molecule has 2 aromatic carbocycles. The second-order valence-electron chi connectivity index (χ2n) is 5.92. The van der Waals surface area contributed by atoms with E-state index in [1.54, 1.807) is 0 Å². The summed E-state index contributed by atoms with van der Waals surface area (Å²) in [6, 6.07) is 7.06. The maximum Gasteiger partial charge on any atom is 0.263 e. The van der Waals surface area contributed by atoms with E-state index in [1.165, 1.54) is 41.4 Å². The SMILES string of the molecule is O=C1[C@H]2N=NN(Cc3ccc(F)cc3Cl)[C@@H]2C(=O)N1c1ccc(F)cc1. The molecule has 2 amide bonds. The number of halogens is 3. The van der Waals surface area contributed by atoms with Gasteiger partial charge in [-0.3, -0.25) is 14.6 Å². The van der Waals surface area contributed by atoms with Crippen molar-refractivity contribution in [1.82, 2.24) is 5.01 Å². The van der Waals surface area contributed by atoms with Crippen LogP contribution in [-0.2, 0) is 16.1 Å². The predicted octanol–water partition coefficient (Wildman–Crippen LogP) is 3.11. The van der Waals surface area contributed by atoms with E-state index in [0.717, 1.165) is 11.0 Å². The van der Waals surface area contributed by atoms with Gasteiger partial charge in [-0.15, -0.1) is 0 Å². The number of imide groups is 1. The lowest BCUT2D eigenvalue weighted by atomic mass is 10.1. The highest BCUT2D eigenvalue weighted by Crippen LogP contribution is 2.33. The van der Waals surface area contributed by atoms with Gasteiger partial charge in [-0.05, 0) is 42.0 Å². The maximum atomic E-state index is 13.2. The van der Waals surface area contributed by atoms with Crippen molar-refractivity contribution in [2.24, 2.45) is 10.3 Å². The lowest BCUT2D eigenvalue weighted by molar-refractivity contribution is -0.123. The minimum absolute atomic E-state index is 0.0973. The number of rotatable bonds is 3. The standard InChI is InChI=1S/C17H11ClF2N4O2/c18-13-7-11(20)2-1-9(13)8-23-15-14(21-22-23)16(25)24(17(15)26)12-5-3-10(19)4-6-12/h1-7,14-15H,8H2/t14-,15-/m0/s1. The Hall–Kier alpha value is -2.87. The number of benzene rings is 2. The van der Waals surface area contributed by atoms with Crippen molar-refractivity contribution in [2.45, 2.75) is 18.6 Å². The van der Waals surface area contributed by atoms with Gasteiger partial charge in [0.2, 0.25) is 0 Å². The van der Waals surface area contributed by atoms with E-state index >= 15 is 0 Å². The second kappa shape index (κ2) is 6.14. The molecule has 2 aromatic rings. The summed E-state index contributed by atoms with van der Waals surface area (Å²) in [5, 5.41) is 9.34. The van der Waals surface area contributed by atoms with Crippen molar-refractivity contribution >= 4 is 29.1 Å². The van der Waals surface area contributed by atoms with E-state index in [4.69, 9.17) is 11.6 Å². The highest BCUT2D eigenvalue weighted by atomic mass is 35.5. The molecule has 6 nitrogen and oxygen atoms in total. The van der Waals surface area contributed by atoms with E-state index in [2.05, 4.69) is 10.3 Å². The number of carbonyl (C=O) groups excluding carboxylic acids is 2. The van der Waals surface area contributed by atoms with Gasteiger partial charge in [-0.25, -0.2) is 13.7 Å². The minimum atomic E-state index is -0.966. The van der Waals surface area contributed by atoms with Crippen LogP contribution in [0.3, 0.4) is 0 Å². The molecule has 0 unspecified atom stereocenters. The number of anilines is 1.